The minimum Gasteiger partial charge on any atom is -0.388 e. The van der Waals surface area contributed by atoms with E-state index >= 15 is 0 Å². The van der Waals surface area contributed by atoms with Crippen LogP contribution in [0.15, 0.2) is 36.7 Å². The number of aromatic amines is 1. The Balaban J connectivity index is 1.78. The van der Waals surface area contributed by atoms with Gasteiger partial charge in [-0.15, -0.1) is 0 Å². The molecule has 0 bridgehead atoms. The van der Waals surface area contributed by atoms with Crippen LogP contribution >= 0.6 is 11.8 Å². The van der Waals surface area contributed by atoms with Crippen molar-refractivity contribution in [3.63, 3.8) is 0 Å². The SMILES string of the molecule is O[C@]1(CN[C@H](c2ccc(F)cc2)c2ncc[nH]2)CCSC1. The van der Waals surface area contributed by atoms with Gasteiger partial charge < -0.3 is 15.4 Å². The van der Waals surface area contributed by atoms with Gasteiger partial charge in [-0.1, -0.05) is 12.1 Å². The quantitative estimate of drug-likeness (QED) is 0.792. The molecule has 0 spiro atoms. The molecule has 1 aromatic carbocycles. The van der Waals surface area contributed by atoms with Crippen LogP contribution in [0.4, 0.5) is 4.39 Å². The molecule has 2 aromatic rings. The molecule has 1 fully saturated rings. The third-order valence-corrected chi connectivity index (χ3v) is 4.95. The van der Waals surface area contributed by atoms with Gasteiger partial charge in [0.1, 0.15) is 11.6 Å². The number of nitrogens with one attached hydrogen (secondary N) is 2. The largest absolute Gasteiger partial charge is 0.388 e. The number of benzene rings is 1. The average Bonchev–Trinajstić information content (AvgIpc) is 3.13. The lowest BCUT2D eigenvalue weighted by molar-refractivity contribution is 0.0656. The summed E-state index contributed by atoms with van der Waals surface area (Å²) < 4.78 is 13.1. The lowest BCUT2D eigenvalue weighted by Crippen LogP contribution is -2.42. The molecule has 0 saturated carbocycles. The Bertz CT molecular complexity index is 567. The van der Waals surface area contributed by atoms with E-state index in [0.717, 1.165) is 29.3 Å². The van der Waals surface area contributed by atoms with E-state index < -0.39 is 5.60 Å². The highest BCUT2D eigenvalue weighted by Crippen LogP contribution is 2.28. The van der Waals surface area contributed by atoms with Gasteiger partial charge in [0, 0.05) is 24.7 Å². The molecule has 2 atom stereocenters. The lowest BCUT2D eigenvalue weighted by Gasteiger charge is -2.25. The summed E-state index contributed by atoms with van der Waals surface area (Å²) in [7, 11) is 0. The number of rotatable bonds is 5. The van der Waals surface area contributed by atoms with Gasteiger partial charge in [0.05, 0.1) is 11.6 Å². The van der Waals surface area contributed by atoms with E-state index in [1.807, 2.05) is 0 Å². The summed E-state index contributed by atoms with van der Waals surface area (Å²) in [6.45, 7) is 0.489. The molecule has 1 aliphatic heterocycles. The number of halogens is 1. The van der Waals surface area contributed by atoms with Crippen LogP contribution in [-0.4, -0.2) is 38.7 Å². The third-order valence-electron chi connectivity index (χ3n) is 3.71. The van der Waals surface area contributed by atoms with Gasteiger partial charge in [0.25, 0.3) is 0 Å². The molecule has 21 heavy (non-hydrogen) atoms. The van der Waals surface area contributed by atoms with Gasteiger partial charge in [-0.3, -0.25) is 0 Å². The Labute approximate surface area is 127 Å². The fraction of sp³-hybridized carbons (Fsp3) is 0.400. The van der Waals surface area contributed by atoms with Crippen LogP contribution in [0, 0.1) is 5.82 Å². The van der Waals surface area contributed by atoms with Gasteiger partial charge in [-0.2, -0.15) is 11.8 Å². The van der Waals surface area contributed by atoms with Crippen molar-refractivity contribution < 1.29 is 9.50 Å². The van der Waals surface area contributed by atoms with E-state index in [4.69, 9.17) is 0 Å². The predicted octanol–water partition coefficient (Wildman–Crippen LogP) is 2.10. The van der Waals surface area contributed by atoms with Crippen LogP contribution in [0.5, 0.6) is 0 Å². The number of thioether (sulfide) groups is 1. The molecule has 112 valence electrons. The number of hydrogen-bond donors (Lipinski definition) is 3. The van der Waals surface area contributed by atoms with E-state index in [-0.39, 0.29) is 11.9 Å². The second-order valence-electron chi connectivity index (χ2n) is 5.37. The molecule has 3 N–H and O–H groups in total. The number of hydrogen-bond acceptors (Lipinski definition) is 4. The molecule has 4 nitrogen and oxygen atoms in total. The van der Waals surface area contributed by atoms with Crippen molar-refractivity contribution in [1.29, 1.82) is 0 Å². The maximum Gasteiger partial charge on any atom is 0.127 e. The highest BCUT2D eigenvalue weighted by atomic mass is 32.2. The van der Waals surface area contributed by atoms with Crippen molar-refractivity contribution in [2.75, 3.05) is 18.1 Å². The first kappa shape index (κ1) is 14.6. The van der Waals surface area contributed by atoms with Crippen molar-refractivity contribution in [1.82, 2.24) is 15.3 Å². The molecule has 6 heteroatoms. The van der Waals surface area contributed by atoms with Crippen LogP contribution in [0.25, 0.3) is 0 Å². The number of nitrogens with zero attached hydrogens (tertiary/aromatic N) is 1. The standard InChI is InChI=1S/C15H18FN3OS/c16-12-3-1-11(2-4-12)13(14-17-6-7-18-14)19-9-15(20)5-8-21-10-15/h1-4,6-7,13,19-20H,5,8-10H2,(H,17,18)/t13-,15+/m1/s1. The summed E-state index contributed by atoms with van der Waals surface area (Å²) in [6.07, 6.45) is 4.24. The molecule has 0 radical (unpaired) electrons. The first-order chi connectivity index (χ1) is 10.2. The highest BCUT2D eigenvalue weighted by Gasteiger charge is 2.32. The Hall–Kier alpha value is -1.37. The zero-order valence-electron chi connectivity index (χ0n) is 11.6. The third kappa shape index (κ3) is 3.45. The van der Waals surface area contributed by atoms with Crippen molar-refractivity contribution in [3.8, 4) is 0 Å². The van der Waals surface area contributed by atoms with E-state index in [1.165, 1.54) is 12.1 Å². The summed E-state index contributed by atoms with van der Waals surface area (Å²) >= 11 is 1.76. The molecule has 1 aromatic heterocycles. The van der Waals surface area contributed by atoms with Crippen LogP contribution in [-0.2, 0) is 0 Å². The number of H-pyrrole nitrogens is 1. The van der Waals surface area contributed by atoms with Crippen molar-refractivity contribution in [3.05, 3.63) is 53.9 Å². The Kier molecular flexibility index (Phi) is 4.28. The minimum atomic E-state index is -0.671. The van der Waals surface area contributed by atoms with E-state index in [1.54, 1.807) is 36.3 Å². The Morgan fingerprint density at radius 1 is 1.43 bits per heavy atom. The van der Waals surface area contributed by atoms with Gasteiger partial charge >= 0.3 is 0 Å². The molecule has 0 unspecified atom stereocenters. The smallest absolute Gasteiger partial charge is 0.127 e. The zero-order valence-corrected chi connectivity index (χ0v) is 12.4. The fourth-order valence-corrected chi connectivity index (χ4v) is 3.79. The predicted molar refractivity (Wildman–Crippen MR) is 81.7 cm³/mol. The van der Waals surface area contributed by atoms with Gasteiger partial charge in [0.2, 0.25) is 0 Å². The summed E-state index contributed by atoms with van der Waals surface area (Å²) in [5, 5.41) is 13.8. The average molecular weight is 307 g/mol. The molecular formula is C15H18FN3OS. The number of imidazole rings is 1. The van der Waals surface area contributed by atoms with Crippen molar-refractivity contribution >= 4 is 11.8 Å². The van der Waals surface area contributed by atoms with Crippen LogP contribution < -0.4 is 5.32 Å². The van der Waals surface area contributed by atoms with Gasteiger partial charge in [0.15, 0.2) is 0 Å². The summed E-state index contributed by atoms with van der Waals surface area (Å²) in [5.74, 6) is 2.23. The maximum atomic E-state index is 13.1. The topological polar surface area (TPSA) is 60.9 Å². The van der Waals surface area contributed by atoms with Gasteiger partial charge in [-0.05, 0) is 29.9 Å². The molecule has 1 saturated heterocycles. The van der Waals surface area contributed by atoms with E-state index in [0.29, 0.717) is 6.54 Å². The second kappa shape index (κ2) is 6.17. The molecule has 0 aliphatic carbocycles. The number of aromatic nitrogens is 2. The summed E-state index contributed by atoms with van der Waals surface area (Å²) in [4.78, 5) is 7.37. The van der Waals surface area contributed by atoms with Crippen molar-refractivity contribution in [2.24, 2.45) is 0 Å². The van der Waals surface area contributed by atoms with E-state index in [9.17, 15) is 9.50 Å². The first-order valence-corrected chi connectivity index (χ1v) is 8.10. The minimum absolute atomic E-state index is 0.185. The maximum absolute atomic E-state index is 13.1. The zero-order chi connectivity index (χ0) is 14.7. The second-order valence-corrected chi connectivity index (χ2v) is 6.47. The van der Waals surface area contributed by atoms with Crippen molar-refractivity contribution in [2.45, 2.75) is 18.1 Å². The highest BCUT2D eigenvalue weighted by molar-refractivity contribution is 7.99. The molecule has 3 rings (SSSR count). The first-order valence-electron chi connectivity index (χ1n) is 6.95. The van der Waals surface area contributed by atoms with Gasteiger partial charge in [-0.25, -0.2) is 9.37 Å². The van der Waals surface area contributed by atoms with E-state index in [2.05, 4.69) is 15.3 Å². The lowest BCUT2D eigenvalue weighted by atomic mass is 10.0. The molecule has 1 aliphatic rings. The Morgan fingerprint density at radius 2 is 2.24 bits per heavy atom. The summed E-state index contributed by atoms with van der Waals surface area (Å²) in [6, 6.07) is 6.17. The molecule has 0 amide bonds. The fourth-order valence-electron chi connectivity index (χ4n) is 2.49. The van der Waals surface area contributed by atoms with Crippen LogP contribution in [0.1, 0.15) is 23.9 Å². The normalized spacial score (nSPS) is 23.3. The number of aliphatic hydroxyl groups is 1. The monoisotopic (exact) mass is 307 g/mol. The van der Waals surface area contributed by atoms with Crippen LogP contribution in [0.2, 0.25) is 0 Å². The molecule has 2 heterocycles. The Morgan fingerprint density at radius 3 is 2.86 bits per heavy atom. The molecular weight excluding hydrogens is 289 g/mol. The summed E-state index contributed by atoms with van der Waals surface area (Å²) in [5.41, 5.74) is 0.246. The van der Waals surface area contributed by atoms with Crippen LogP contribution in [0.3, 0.4) is 0 Å².